The van der Waals surface area contributed by atoms with Gasteiger partial charge in [-0.15, -0.1) is 11.3 Å². The van der Waals surface area contributed by atoms with E-state index < -0.39 is 0 Å². The number of fused-ring (bicyclic) bond motifs is 8. The average Bonchev–Trinajstić information content (AvgIpc) is 2.94. The van der Waals surface area contributed by atoms with Gasteiger partial charge in [-0.3, -0.25) is 0 Å². The fraction of sp³-hybridized carbons (Fsp3) is 0.0476. The van der Waals surface area contributed by atoms with Crippen LogP contribution in [0.4, 0.5) is 0 Å². The standard InChI is InChI=1S/C21H14S/c1-13-10-11-19-18(12-13)20-16-8-4-2-6-14(16)15-7-3-5-9-17(15)21(20)22-19/h2-12H,1H3. The van der Waals surface area contributed by atoms with Gasteiger partial charge in [0, 0.05) is 25.6 Å². The number of aryl methyl sites for hydroxylation is 1. The molecular weight excluding hydrogens is 284 g/mol. The van der Waals surface area contributed by atoms with E-state index in [1.165, 1.54) is 47.3 Å². The SMILES string of the molecule is Cc1ccc2sc3c4ccccc4c4ccccc4c3c2c1. The van der Waals surface area contributed by atoms with Crippen molar-refractivity contribution in [1.29, 1.82) is 0 Å². The Labute approximate surface area is 132 Å². The van der Waals surface area contributed by atoms with Crippen LogP contribution in [-0.2, 0) is 0 Å². The van der Waals surface area contributed by atoms with Crippen LogP contribution in [0, 0.1) is 6.92 Å². The fourth-order valence-electron chi connectivity index (χ4n) is 3.52. The molecule has 0 N–H and O–H groups in total. The van der Waals surface area contributed by atoms with Crippen LogP contribution in [0.5, 0.6) is 0 Å². The molecule has 0 aliphatic heterocycles. The van der Waals surface area contributed by atoms with E-state index in [4.69, 9.17) is 0 Å². The minimum absolute atomic E-state index is 1.32. The minimum atomic E-state index is 1.32. The van der Waals surface area contributed by atoms with Crippen LogP contribution in [0.15, 0.2) is 66.7 Å². The molecule has 1 heteroatoms. The van der Waals surface area contributed by atoms with Gasteiger partial charge >= 0.3 is 0 Å². The monoisotopic (exact) mass is 298 g/mol. The van der Waals surface area contributed by atoms with Crippen molar-refractivity contribution >= 4 is 53.1 Å². The van der Waals surface area contributed by atoms with Crippen LogP contribution in [0.2, 0.25) is 0 Å². The third-order valence-corrected chi connectivity index (χ3v) is 5.71. The molecule has 0 unspecified atom stereocenters. The van der Waals surface area contributed by atoms with E-state index in [0.29, 0.717) is 0 Å². The van der Waals surface area contributed by atoms with Crippen LogP contribution in [0.3, 0.4) is 0 Å². The first-order valence-corrected chi connectivity index (χ1v) is 8.37. The van der Waals surface area contributed by atoms with Gasteiger partial charge in [0.05, 0.1) is 0 Å². The van der Waals surface area contributed by atoms with Gasteiger partial charge in [0.25, 0.3) is 0 Å². The van der Waals surface area contributed by atoms with Gasteiger partial charge < -0.3 is 0 Å². The van der Waals surface area contributed by atoms with E-state index in [1.807, 2.05) is 11.3 Å². The molecule has 0 bridgehead atoms. The molecule has 22 heavy (non-hydrogen) atoms. The Morgan fingerprint density at radius 1 is 0.636 bits per heavy atom. The summed E-state index contributed by atoms with van der Waals surface area (Å²) < 4.78 is 2.79. The van der Waals surface area contributed by atoms with Gasteiger partial charge in [-0.1, -0.05) is 60.2 Å². The Kier molecular flexibility index (Phi) is 2.39. The second-order valence-electron chi connectivity index (χ2n) is 5.90. The lowest BCUT2D eigenvalue weighted by atomic mass is 9.97. The van der Waals surface area contributed by atoms with E-state index in [-0.39, 0.29) is 0 Å². The molecule has 0 atom stereocenters. The zero-order valence-electron chi connectivity index (χ0n) is 12.3. The summed E-state index contributed by atoms with van der Waals surface area (Å²) in [4.78, 5) is 0. The first-order valence-electron chi connectivity index (χ1n) is 7.55. The highest BCUT2D eigenvalue weighted by Gasteiger charge is 2.13. The molecule has 1 aromatic heterocycles. The molecule has 0 amide bonds. The summed E-state index contributed by atoms with van der Waals surface area (Å²) >= 11 is 1.91. The first kappa shape index (κ1) is 12.2. The third kappa shape index (κ3) is 1.52. The quantitative estimate of drug-likeness (QED) is 0.280. The summed E-state index contributed by atoms with van der Waals surface area (Å²) in [5, 5.41) is 8.25. The Balaban J connectivity index is 2.22. The number of hydrogen-bond acceptors (Lipinski definition) is 1. The molecule has 5 rings (SSSR count). The maximum absolute atomic E-state index is 2.33. The zero-order chi connectivity index (χ0) is 14.7. The Bertz CT molecular complexity index is 1180. The second-order valence-corrected chi connectivity index (χ2v) is 6.95. The summed E-state index contributed by atoms with van der Waals surface area (Å²) in [7, 11) is 0. The smallest absolute Gasteiger partial charge is 0.0440 e. The molecule has 1 heterocycles. The second kappa shape index (κ2) is 4.31. The van der Waals surface area contributed by atoms with Crippen LogP contribution >= 0.6 is 11.3 Å². The third-order valence-electron chi connectivity index (χ3n) is 4.50. The molecule has 104 valence electrons. The van der Waals surface area contributed by atoms with Crippen molar-refractivity contribution in [1.82, 2.24) is 0 Å². The van der Waals surface area contributed by atoms with Crippen molar-refractivity contribution in [3.05, 3.63) is 72.3 Å². The Hall–Kier alpha value is -2.38. The van der Waals surface area contributed by atoms with E-state index in [0.717, 1.165) is 0 Å². The lowest BCUT2D eigenvalue weighted by Gasteiger charge is -2.07. The highest BCUT2D eigenvalue weighted by atomic mass is 32.1. The van der Waals surface area contributed by atoms with Gasteiger partial charge in [-0.05, 0) is 35.2 Å². The van der Waals surface area contributed by atoms with Gasteiger partial charge in [-0.25, -0.2) is 0 Å². The van der Waals surface area contributed by atoms with Crippen molar-refractivity contribution in [2.75, 3.05) is 0 Å². The normalized spacial score (nSPS) is 11.9. The van der Waals surface area contributed by atoms with Crippen molar-refractivity contribution in [3.63, 3.8) is 0 Å². The predicted molar refractivity (Wildman–Crippen MR) is 99.1 cm³/mol. The van der Waals surface area contributed by atoms with Gasteiger partial charge in [-0.2, -0.15) is 0 Å². The number of thiophene rings is 1. The van der Waals surface area contributed by atoms with Crippen LogP contribution < -0.4 is 0 Å². The van der Waals surface area contributed by atoms with Crippen molar-refractivity contribution in [3.8, 4) is 0 Å². The first-order chi connectivity index (χ1) is 10.8. The van der Waals surface area contributed by atoms with Crippen molar-refractivity contribution < 1.29 is 0 Å². The van der Waals surface area contributed by atoms with Gasteiger partial charge in [0.1, 0.15) is 0 Å². The van der Waals surface area contributed by atoms with Crippen LogP contribution in [-0.4, -0.2) is 0 Å². The molecule has 0 radical (unpaired) electrons. The van der Waals surface area contributed by atoms with Crippen LogP contribution in [0.25, 0.3) is 41.7 Å². The molecule has 5 aromatic rings. The number of rotatable bonds is 0. The molecular formula is C21H14S. The van der Waals surface area contributed by atoms with Gasteiger partial charge in [0.15, 0.2) is 0 Å². The van der Waals surface area contributed by atoms with E-state index in [1.54, 1.807) is 0 Å². The summed E-state index contributed by atoms with van der Waals surface area (Å²) in [6.07, 6.45) is 0. The minimum Gasteiger partial charge on any atom is -0.135 e. The van der Waals surface area contributed by atoms with Crippen molar-refractivity contribution in [2.45, 2.75) is 6.92 Å². The van der Waals surface area contributed by atoms with Crippen molar-refractivity contribution in [2.24, 2.45) is 0 Å². The summed E-state index contributed by atoms with van der Waals surface area (Å²) in [6.45, 7) is 2.17. The van der Waals surface area contributed by atoms with E-state index in [2.05, 4.69) is 73.7 Å². The molecule has 0 saturated heterocycles. The molecule has 0 saturated carbocycles. The van der Waals surface area contributed by atoms with E-state index in [9.17, 15) is 0 Å². The Morgan fingerprint density at radius 3 is 2.05 bits per heavy atom. The maximum Gasteiger partial charge on any atom is 0.0440 e. The number of hydrogen-bond donors (Lipinski definition) is 0. The summed E-state index contributed by atoms with van der Waals surface area (Å²) in [5.41, 5.74) is 1.32. The Morgan fingerprint density at radius 2 is 1.27 bits per heavy atom. The molecule has 0 aliphatic carbocycles. The molecule has 4 aromatic carbocycles. The van der Waals surface area contributed by atoms with Crippen LogP contribution in [0.1, 0.15) is 5.56 Å². The average molecular weight is 298 g/mol. The molecule has 0 spiro atoms. The topological polar surface area (TPSA) is 0 Å². The molecule has 0 fully saturated rings. The summed E-state index contributed by atoms with van der Waals surface area (Å²) in [6, 6.07) is 24.4. The number of benzene rings is 4. The zero-order valence-corrected chi connectivity index (χ0v) is 13.1. The fourth-order valence-corrected chi connectivity index (χ4v) is 4.76. The predicted octanol–water partition coefficient (Wildman–Crippen LogP) is 6.67. The lowest BCUT2D eigenvalue weighted by Crippen LogP contribution is -1.79. The van der Waals surface area contributed by atoms with Gasteiger partial charge in [0.2, 0.25) is 0 Å². The summed E-state index contributed by atoms with van der Waals surface area (Å²) in [5.74, 6) is 0. The maximum atomic E-state index is 2.33. The lowest BCUT2D eigenvalue weighted by molar-refractivity contribution is 1.52. The highest BCUT2D eigenvalue weighted by Crippen LogP contribution is 2.43. The highest BCUT2D eigenvalue weighted by molar-refractivity contribution is 7.27. The molecule has 0 aliphatic rings. The molecule has 0 nitrogen and oxygen atoms in total. The van der Waals surface area contributed by atoms with E-state index >= 15 is 0 Å². The largest absolute Gasteiger partial charge is 0.135 e.